The van der Waals surface area contributed by atoms with Gasteiger partial charge in [-0.15, -0.1) is 0 Å². The lowest BCUT2D eigenvalue weighted by Crippen LogP contribution is -2.32. The highest BCUT2D eigenvalue weighted by atomic mass is 16.5. The lowest BCUT2D eigenvalue weighted by Gasteiger charge is -2.31. The van der Waals surface area contributed by atoms with E-state index in [9.17, 15) is 9.59 Å². The Balaban J connectivity index is 1.48. The molecular formula is C25H31N3O3. The van der Waals surface area contributed by atoms with Gasteiger partial charge in [0.05, 0.1) is 11.8 Å². The molecule has 4 rings (SSSR count). The average Bonchev–Trinajstić information content (AvgIpc) is 2.82. The molecule has 1 fully saturated rings. The van der Waals surface area contributed by atoms with E-state index < -0.39 is 0 Å². The van der Waals surface area contributed by atoms with Crippen molar-refractivity contribution in [3.63, 3.8) is 0 Å². The lowest BCUT2D eigenvalue weighted by atomic mass is 9.78. The van der Waals surface area contributed by atoms with E-state index in [1.807, 2.05) is 18.2 Å². The smallest absolute Gasteiger partial charge is 0.272 e. The number of anilines is 1. The number of amides is 2. The van der Waals surface area contributed by atoms with E-state index in [-0.39, 0.29) is 29.5 Å². The number of nitrogens with one attached hydrogen (secondary N) is 2. The van der Waals surface area contributed by atoms with Crippen LogP contribution in [0.2, 0.25) is 0 Å². The third-order valence-electron chi connectivity index (χ3n) is 6.57. The molecule has 1 saturated carbocycles. The summed E-state index contributed by atoms with van der Waals surface area (Å²) in [6.07, 6.45) is 17.5. The number of pyridine rings is 1. The van der Waals surface area contributed by atoms with Gasteiger partial charge in [0.1, 0.15) is 0 Å². The van der Waals surface area contributed by atoms with Crippen LogP contribution in [0, 0.1) is 11.8 Å². The van der Waals surface area contributed by atoms with Crippen LogP contribution in [0.25, 0.3) is 0 Å². The molecule has 1 aromatic heterocycles. The number of methoxy groups -OCH3 is 1. The number of hydrogen-bond donors (Lipinski definition) is 2. The maximum Gasteiger partial charge on any atom is 0.272 e. The molecule has 0 aliphatic heterocycles. The van der Waals surface area contributed by atoms with Gasteiger partial charge in [-0.1, -0.05) is 43.6 Å². The SMILES string of the molecule is COC1C=CC(C(=O)Nc2cccnc2C(=O)NCC2CCCCC2)=C2C=CCCC21. The molecule has 0 spiro atoms. The van der Waals surface area contributed by atoms with Gasteiger partial charge in [0.15, 0.2) is 5.69 Å². The van der Waals surface area contributed by atoms with Crippen LogP contribution in [0.15, 0.2) is 53.8 Å². The Morgan fingerprint density at radius 2 is 1.97 bits per heavy atom. The fourth-order valence-electron chi connectivity index (χ4n) is 4.86. The number of fused-ring (bicyclic) bond motifs is 1. The fourth-order valence-corrected chi connectivity index (χ4v) is 4.86. The molecule has 6 nitrogen and oxygen atoms in total. The summed E-state index contributed by atoms with van der Waals surface area (Å²) < 4.78 is 5.58. The first-order valence-electron chi connectivity index (χ1n) is 11.3. The summed E-state index contributed by atoms with van der Waals surface area (Å²) in [4.78, 5) is 30.2. The Labute approximate surface area is 183 Å². The van der Waals surface area contributed by atoms with Crippen molar-refractivity contribution in [1.82, 2.24) is 10.3 Å². The Bertz CT molecular complexity index is 912. The second-order valence-electron chi connectivity index (χ2n) is 8.58. The summed E-state index contributed by atoms with van der Waals surface area (Å²) in [6, 6.07) is 3.46. The predicted molar refractivity (Wildman–Crippen MR) is 121 cm³/mol. The molecular weight excluding hydrogens is 390 g/mol. The van der Waals surface area contributed by atoms with E-state index in [1.54, 1.807) is 25.4 Å². The molecule has 6 heteroatoms. The summed E-state index contributed by atoms with van der Waals surface area (Å²) in [7, 11) is 1.70. The van der Waals surface area contributed by atoms with Gasteiger partial charge < -0.3 is 15.4 Å². The molecule has 1 aromatic rings. The topological polar surface area (TPSA) is 80.3 Å². The van der Waals surface area contributed by atoms with E-state index >= 15 is 0 Å². The van der Waals surface area contributed by atoms with Crippen LogP contribution in [0.1, 0.15) is 55.4 Å². The van der Waals surface area contributed by atoms with Gasteiger partial charge in [-0.25, -0.2) is 4.98 Å². The normalized spacial score (nSPS) is 23.4. The summed E-state index contributed by atoms with van der Waals surface area (Å²) in [6.45, 7) is 0.658. The second kappa shape index (κ2) is 10.1. The molecule has 164 valence electrons. The second-order valence-corrected chi connectivity index (χ2v) is 8.58. The van der Waals surface area contributed by atoms with E-state index in [0.29, 0.717) is 23.7 Å². The van der Waals surface area contributed by atoms with Gasteiger partial charge in [-0.3, -0.25) is 9.59 Å². The van der Waals surface area contributed by atoms with E-state index in [2.05, 4.69) is 21.7 Å². The maximum absolute atomic E-state index is 13.1. The van der Waals surface area contributed by atoms with Crippen molar-refractivity contribution < 1.29 is 14.3 Å². The first-order chi connectivity index (χ1) is 15.2. The highest BCUT2D eigenvalue weighted by Crippen LogP contribution is 2.35. The van der Waals surface area contributed by atoms with Crippen molar-refractivity contribution in [2.24, 2.45) is 11.8 Å². The van der Waals surface area contributed by atoms with Crippen molar-refractivity contribution in [3.05, 3.63) is 59.5 Å². The number of aromatic nitrogens is 1. The molecule has 3 aliphatic rings. The molecule has 0 radical (unpaired) electrons. The standard InChI is InChI=1S/C25H31N3O3/c1-31-22-14-13-20(18-10-5-6-11-19(18)22)24(29)28-21-12-7-15-26-23(21)25(30)27-16-17-8-3-2-4-9-17/h5,7,10,12-15,17,19,22H,2-4,6,8-9,11,16H2,1H3,(H,27,30)(H,28,29). The summed E-state index contributed by atoms with van der Waals surface area (Å²) in [5.74, 6) is 0.232. The van der Waals surface area contributed by atoms with Gasteiger partial charge in [-0.2, -0.15) is 0 Å². The highest BCUT2D eigenvalue weighted by molar-refractivity contribution is 6.10. The van der Waals surface area contributed by atoms with Crippen LogP contribution < -0.4 is 10.6 Å². The Kier molecular flexibility index (Phi) is 6.97. The van der Waals surface area contributed by atoms with Crippen molar-refractivity contribution in [3.8, 4) is 0 Å². The largest absolute Gasteiger partial charge is 0.377 e. The van der Waals surface area contributed by atoms with Crippen LogP contribution in [0.3, 0.4) is 0 Å². The van der Waals surface area contributed by atoms with Crippen LogP contribution >= 0.6 is 0 Å². The predicted octanol–water partition coefficient (Wildman–Crippen LogP) is 4.18. The molecule has 0 aromatic carbocycles. The highest BCUT2D eigenvalue weighted by Gasteiger charge is 2.31. The quantitative estimate of drug-likeness (QED) is 0.722. The van der Waals surface area contributed by atoms with Crippen molar-refractivity contribution >= 4 is 17.5 Å². The van der Waals surface area contributed by atoms with E-state index in [4.69, 9.17) is 4.74 Å². The molecule has 31 heavy (non-hydrogen) atoms. The van der Waals surface area contributed by atoms with E-state index in [0.717, 1.165) is 31.3 Å². The molecule has 2 unspecified atom stereocenters. The zero-order chi connectivity index (χ0) is 21.6. The van der Waals surface area contributed by atoms with Gasteiger partial charge in [-0.05, 0) is 49.3 Å². The van der Waals surface area contributed by atoms with Crippen LogP contribution in [0.5, 0.6) is 0 Å². The minimum Gasteiger partial charge on any atom is -0.377 e. The maximum atomic E-state index is 13.1. The number of carbonyl (C=O) groups excluding carboxylic acids is 2. The Morgan fingerprint density at radius 3 is 2.77 bits per heavy atom. The van der Waals surface area contributed by atoms with Crippen LogP contribution in [-0.4, -0.2) is 36.6 Å². The zero-order valence-corrected chi connectivity index (χ0v) is 18.1. The molecule has 0 saturated heterocycles. The monoisotopic (exact) mass is 421 g/mol. The molecule has 3 aliphatic carbocycles. The van der Waals surface area contributed by atoms with Crippen molar-refractivity contribution in [2.75, 3.05) is 19.0 Å². The fraction of sp³-hybridized carbons (Fsp3) is 0.480. The van der Waals surface area contributed by atoms with Crippen molar-refractivity contribution in [2.45, 2.75) is 51.0 Å². The van der Waals surface area contributed by atoms with Gasteiger partial charge in [0.2, 0.25) is 0 Å². The van der Waals surface area contributed by atoms with Crippen molar-refractivity contribution in [1.29, 1.82) is 0 Å². The minimum absolute atomic E-state index is 0.0176. The molecule has 1 heterocycles. The van der Waals surface area contributed by atoms with Gasteiger partial charge in [0.25, 0.3) is 11.8 Å². The number of rotatable bonds is 6. The summed E-state index contributed by atoms with van der Waals surface area (Å²) in [5, 5.41) is 5.93. The number of nitrogens with zero attached hydrogens (tertiary/aromatic N) is 1. The first-order valence-corrected chi connectivity index (χ1v) is 11.3. The third kappa shape index (κ3) is 4.96. The third-order valence-corrected chi connectivity index (χ3v) is 6.57. The number of hydrogen-bond acceptors (Lipinski definition) is 4. The summed E-state index contributed by atoms with van der Waals surface area (Å²) >= 11 is 0. The minimum atomic E-state index is -0.242. The van der Waals surface area contributed by atoms with E-state index in [1.165, 1.54) is 19.3 Å². The molecule has 2 amide bonds. The Morgan fingerprint density at radius 1 is 1.13 bits per heavy atom. The number of carbonyl (C=O) groups is 2. The zero-order valence-electron chi connectivity index (χ0n) is 18.1. The number of allylic oxidation sites excluding steroid dienone is 2. The molecule has 2 N–H and O–H groups in total. The average molecular weight is 422 g/mol. The Hall–Kier alpha value is -2.73. The molecule has 0 bridgehead atoms. The molecule has 2 atom stereocenters. The summed E-state index contributed by atoms with van der Waals surface area (Å²) in [5.41, 5.74) is 2.29. The first kappa shape index (κ1) is 21.5. The van der Waals surface area contributed by atoms with Crippen LogP contribution in [-0.2, 0) is 9.53 Å². The lowest BCUT2D eigenvalue weighted by molar-refractivity contribution is -0.112. The number of ether oxygens (including phenoxy) is 1. The van der Waals surface area contributed by atoms with Crippen LogP contribution in [0.4, 0.5) is 5.69 Å². The van der Waals surface area contributed by atoms with Gasteiger partial charge >= 0.3 is 0 Å². The van der Waals surface area contributed by atoms with Gasteiger partial charge in [0, 0.05) is 31.3 Å².